The third-order valence-electron chi connectivity index (χ3n) is 6.77. The molecule has 3 aromatic carbocycles. The van der Waals surface area contributed by atoms with E-state index in [9.17, 15) is 9.59 Å². The van der Waals surface area contributed by atoms with E-state index in [2.05, 4.69) is 29.6 Å². The van der Waals surface area contributed by atoms with Crippen LogP contribution in [-0.4, -0.2) is 47.9 Å². The number of nitrogens with zero attached hydrogens (tertiary/aromatic N) is 1. The van der Waals surface area contributed by atoms with Crippen molar-refractivity contribution in [2.75, 3.05) is 13.1 Å². The second kappa shape index (κ2) is 11.8. The molecule has 5 N–H and O–H groups in total. The molecule has 3 aromatic rings. The van der Waals surface area contributed by atoms with E-state index in [1.54, 1.807) is 0 Å². The highest BCUT2D eigenvalue weighted by Crippen LogP contribution is 2.30. The Labute approximate surface area is 207 Å². The molecule has 182 valence electrons. The Morgan fingerprint density at radius 3 is 1.97 bits per heavy atom. The molecule has 0 bridgehead atoms. The SMILES string of the molecule is NC[C@@H]1C[C@H](NC(=O)[C@@H](N)Cc2ccccc2)CN1C(=O)CC(c1ccccc1)c1ccccc1. The van der Waals surface area contributed by atoms with Crippen molar-refractivity contribution < 1.29 is 9.59 Å². The van der Waals surface area contributed by atoms with Gasteiger partial charge in [-0.2, -0.15) is 0 Å². The highest BCUT2D eigenvalue weighted by Gasteiger charge is 2.36. The number of rotatable bonds is 9. The van der Waals surface area contributed by atoms with Gasteiger partial charge in [0.1, 0.15) is 0 Å². The summed E-state index contributed by atoms with van der Waals surface area (Å²) in [5, 5.41) is 3.05. The molecular formula is C29H34N4O2. The summed E-state index contributed by atoms with van der Waals surface area (Å²) in [6.45, 7) is 0.802. The molecule has 1 aliphatic heterocycles. The fourth-order valence-corrected chi connectivity index (χ4v) is 4.91. The molecule has 6 nitrogen and oxygen atoms in total. The average molecular weight is 471 g/mol. The zero-order valence-corrected chi connectivity index (χ0v) is 19.9. The lowest BCUT2D eigenvalue weighted by atomic mass is 9.88. The third kappa shape index (κ3) is 6.35. The van der Waals surface area contributed by atoms with Gasteiger partial charge < -0.3 is 21.7 Å². The van der Waals surface area contributed by atoms with Crippen molar-refractivity contribution in [3.05, 3.63) is 108 Å². The number of nitrogens with two attached hydrogens (primary N) is 2. The first kappa shape index (κ1) is 24.6. The quantitative estimate of drug-likeness (QED) is 0.448. The van der Waals surface area contributed by atoms with Crippen molar-refractivity contribution in [3.8, 4) is 0 Å². The first-order valence-corrected chi connectivity index (χ1v) is 12.2. The summed E-state index contributed by atoms with van der Waals surface area (Å²) in [5.74, 6) is -0.199. The molecule has 3 atom stereocenters. The molecule has 6 heteroatoms. The van der Waals surface area contributed by atoms with Crippen LogP contribution in [0.4, 0.5) is 0 Å². The number of nitrogens with one attached hydrogen (secondary N) is 1. The van der Waals surface area contributed by atoms with Crippen LogP contribution in [0, 0.1) is 0 Å². The van der Waals surface area contributed by atoms with E-state index in [0.29, 0.717) is 32.4 Å². The van der Waals surface area contributed by atoms with E-state index in [-0.39, 0.29) is 29.8 Å². The highest BCUT2D eigenvalue weighted by molar-refractivity contribution is 5.83. The molecule has 0 aromatic heterocycles. The minimum absolute atomic E-state index is 0.0449. The van der Waals surface area contributed by atoms with Crippen molar-refractivity contribution in [2.24, 2.45) is 11.5 Å². The zero-order valence-electron chi connectivity index (χ0n) is 19.9. The summed E-state index contributed by atoms with van der Waals surface area (Å²) in [7, 11) is 0. The molecule has 0 unspecified atom stereocenters. The van der Waals surface area contributed by atoms with Gasteiger partial charge in [0.05, 0.1) is 6.04 Å². The van der Waals surface area contributed by atoms with E-state index in [0.717, 1.165) is 16.7 Å². The van der Waals surface area contributed by atoms with Gasteiger partial charge in [-0.15, -0.1) is 0 Å². The van der Waals surface area contributed by atoms with Crippen molar-refractivity contribution in [2.45, 2.75) is 43.3 Å². The first-order chi connectivity index (χ1) is 17.0. The Morgan fingerprint density at radius 1 is 0.886 bits per heavy atom. The Morgan fingerprint density at radius 2 is 1.43 bits per heavy atom. The summed E-state index contributed by atoms with van der Waals surface area (Å²) in [4.78, 5) is 28.1. The van der Waals surface area contributed by atoms with E-state index >= 15 is 0 Å². The van der Waals surface area contributed by atoms with E-state index in [1.807, 2.05) is 71.6 Å². The second-order valence-corrected chi connectivity index (χ2v) is 9.25. The highest BCUT2D eigenvalue weighted by atomic mass is 16.2. The molecule has 1 heterocycles. The predicted octanol–water partition coefficient (Wildman–Crippen LogP) is 2.82. The fourth-order valence-electron chi connectivity index (χ4n) is 4.91. The van der Waals surface area contributed by atoms with Gasteiger partial charge in [0, 0.05) is 37.5 Å². The van der Waals surface area contributed by atoms with E-state index in [4.69, 9.17) is 11.5 Å². The van der Waals surface area contributed by atoms with Crippen LogP contribution in [0.15, 0.2) is 91.0 Å². The monoisotopic (exact) mass is 470 g/mol. The second-order valence-electron chi connectivity index (χ2n) is 9.25. The molecule has 1 fully saturated rings. The first-order valence-electron chi connectivity index (χ1n) is 12.2. The molecule has 4 rings (SSSR count). The lowest BCUT2D eigenvalue weighted by Crippen LogP contribution is -2.47. The molecule has 1 saturated heterocycles. The number of benzene rings is 3. The van der Waals surface area contributed by atoms with Crippen LogP contribution in [0.2, 0.25) is 0 Å². The predicted molar refractivity (Wildman–Crippen MR) is 139 cm³/mol. The molecule has 0 aliphatic carbocycles. The number of hydrogen-bond acceptors (Lipinski definition) is 4. The van der Waals surface area contributed by atoms with Crippen molar-refractivity contribution in [3.63, 3.8) is 0 Å². The third-order valence-corrected chi connectivity index (χ3v) is 6.77. The Hall–Kier alpha value is -3.48. The van der Waals surface area contributed by atoms with E-state index in [1.165, 1.54) is 0 Å². The van der Waals surface area contributed by atoms with E-state index < -0.39 is 6.04 Å². The lowest BCUT2D eigenvalue weighted by molar-refractivity contribution is -0.132. The summed E-state index contributed by atoms with van der Waals surface area (Å²) < 4.78 is 0. The number of hydrogen-bond donors (Lipinski definition) is 3. The maximum atomic E-state index is 13.5. The van der Waals surface area contributed by atoms with Gasteiger partial charge in [0.15, 0.2) is 0 Å². The van der Waals surface area contributed by atoms with Gasteiger partial charge in [0.2, 0.25) is 11.8 Å². The maximum absolute atomic E-state index is 13.5. The minimum Gasteiger partial charge on any atom is -0.350 e. The van der Waals surface area contributed by atoms with Crippen LogP contribution >= 0.6 is 0 Å². The minimum atomic E-state index is -0.640. The number of carbonyl (C=O) groups excluding carboxylic acids is 2. The topological polar surface area (TPSA) is 101 Å². The van der Waals surface area contributed by atoms with Gasteiger partial charge in [-0.1, -0.05) is 91.0 Å². The molecule has 1 aliphatic rings. The smallest absolute Gasteiger partial charge is 0.237 e. The van der Waals surface area contributed by atoms with Crippen molar-refractivity contribution in [1.82, 2.24) is 10.2 Å². The maximum Gasteiger partial charge on any atom is 0.237 e. The van der Waals surface area contributed by atoms with Crippen LogP contribution < -0.4 is 16.8 Å². The number of likely N-dealkylation sites (tertiary alicyclic amines) is 1. The van der Waals surface area contributed by atoms with Gasteiger partial charge in [-0.05, 0) is 29.5 Å². The number of carbonyl (C=O) groups is 2. The normalized spacial score (nSPS) is 18.4. The van der Waals surface area contributed by atoms with Gasteiger partial charge >= 0.3 is 0 Å². The van der Waals surface area contributed by atoms with Gasteiger partial charge in [0.25, 0.3) is 0 Å². The largest absolute Gasteiger partial charge is 0.350 e. The van der Waals surface area contributed by atoms with Gasteiger partial charge in [-0.25, -0.2) is 0 Å². The van der Waals surface area contributed by atoms with Crippen LogP contribution in [0.5, 0.6) is 0 Å². The van der Waals surface area contributed by atoms with Gasteiger partial charge in [-0.3, -0.25) is 9.59 Å². The molecule has 2 amide bonds. The fraction of sp³-hybridized carbons (Fsp3) is 0.310. The molecule has 35 heavy (non-hydrogen) atoms. The van der Waals surface area contributed by atoms with Crippen molar-refractivity contribution in [1.29, 1.82) is 0 Å². The lowest BCUT2D eigenvalue weighted by Gasteiger charge is -2.26. The average Bonchev–Trinajstić information content (AvgIpc) is 3.31. The molecule has 0 radical (unpaired) electrons. The summed E-state index contributed by atoms with van der Waals surface area (Å²) in [6, 6.07) is 29.0. The Kier molecular flexibility index (Phi) is 8.29. The van der Waals surface area contributed by atoms with Crippen molar-refractivity contribution >= 4 is 11.8 Å². The summed E-state index contributed by atoms with van der Waals surface area (Å²) in [6.07, 6.45) is 1.45. The Balaban J connectivity index is 1.41. The number of amides is 2. The molecule has 0 spiro atoms. The van der Waals surface area contributed by atoms with Crippen LogP contribution in [0.1, 0.15) is 35.4 Å². The standard InChI is InChI=1S/C29H34N4O2/c30-19-25-17-24(32-29(35)27(31)16-21-10-4-1-5-11-21)20-33(25)28(34)18-26(22-12-6-2-7-13-22)23-14-8-3-9-15-23/h1-15,24-27H,16-20,30-31H2,(H,32,35)/t24-,25-,27-/m0/s1. The van der Waals surface area contributed by atoms with Crippen LogP contribution in [0.3, 0.4) is 0 Å². The summed E-state index contributed by atoms with van der Waals surface area (Å²) >= 11 is 0. The zero-order chi connectivity index (χ0) is 24.6. The molecule has 0 saturated carbocycles. The van der Waals surface area contributed by atoms with Crippen LogP contribution in [0.25, 0.3) is 0 Å². The molecular weight excluding hydrogens is 436 g/mol. The Bertz CT molecular complexity index is 1050. The summed E-state index contributed by atoms with van der Waals surface area (Å²) in [5.41, 5.74) is 15.4. The van der Waals surface area contributed by atoms with Crippen LogP contribution in [-0.2, 0) is 16.0 Å².